The van der Waals surface area contributed by atoms with Gasteiger partial charge >= 0.3 is 5.97 Å². The average molecular weight is 453 g/mol. The number of hydrogen-bond acceptors (Lipinski definition) is 8. The van der Waals surface area contributed by atoms with Gasteiger partial charge in [-0.1, -0.05) is 18.2 Å². The number of carbonyl (C=O) groups is 1. The summed E-state index contributed by atoms with van der Waals surface area (Å²) >= 11 is 4.47. The molecule has 0 saturated heterocycles. The zero-order valence-corrected chi connectivity index (χ0v) is 17.9. The summed E-state index contributed by atoms with van der Waals surface area (Å²) in [5.41, 5.74) is 0.603. The number of benzene rings is 1. The Hall–Kier alpha value is -3.08. The van der Waals surface area contributed by atoms with E-state index in [9.17, 15) is 9.59 Å². The van der Waals surface area contributed by atoms with Gasteiger partial charge in [0.1, 0.15) is 9.58 Å². The Bertz CT molecular complexity index is 1670. The van der Waals surface area contributed by atoms with Crippen LogP contribution < -0.4 is 5.56 Å². The van der Waals surface area contributed by atoms with Gasteiger partial charge in [-0.25, -0.2) is 4.79 Å². The lowest BCUT2D eigenvalue weighted by molar-refractivity contribution is 0.0467. The van der Waals surface area contributed by atoms with E-state index in [1.165, 1.54) is 31.9 Å². The molecule has 0 bridgehead atoms. The van der Waals surface area contributed by atoms with E-state index in [1.807, 2.05) is 29.6 Å². The van der Waals surface area contributed by atoms with Crippen LogP contribution in [0.2, 0.25) is 0 Å². The third-order valence-electron chi connectivity index (χ3n) is 4.98. The van der Waals surface area contributed by atoms with Crippen LogP contribution in [0.15, 0.2) is 46.6 Å². The van der Waals surface area contributed by atoms with Gasteiger partial charge in [-0.05, 0) is 23.6 Å². The van der Waals surface area contributed by atoms with Crippen LogP contribution in [0, 0.1) is 0 Å². The van der Waals surface area contributed by atoms with E-state index in [2.05, 4.69) is 22.3 Å². The van der Waals surface area contributed by atoms with Gasteiger partial charge in [0.05, 0.1) is 10.2 Å². The topological polar surface area (TPSA) is 78.5 Å². The fourth-order valence-electron chi connectivity index (χ4n) is 3.55. The first-order valence-electron chi connectivity index (χ1n) is 9.00. The van der Waals surface area contributed by atoms with Crippen molar-refractivity contribution in [3.05, 3.63) is 62.8 Å². The molecule has 0 N–H and O–H groups in total. The van der Waals surface area contributed by atoms with Crippen molar-refractivity contribution < 1.29 is 9.53 Å². The Kier molecular flexibility index (Phi) is 3.82. The highest BCUT2D eigenvalue weighted by Crippen LogP contribution is 2.39. The summed E-state index contributed by atoms with van der Waals surface area (Å²) in [4.78, 5) is 25.7. The van der Waals surface area contributed by atoms with Crippen molar-refractivity contribution >= 4 is 75.5 Å². The largest absolute Gasteiger partial charge is 0.453 e. The normalized spacial score (nSPS) is 11.9. The highest BCUT2D eigenvalue weighted by atomic mass is 32.1. The predicted molar refractivity (Wildman–Crippen MR) is 120 cm³/mol. The highest BCUT2D eigenvalue weighted by Gasteiger charge is 2.19. The Morgan fingerprint density at radius 1 is 1.10 bits per heavy atom. The number of aromatic nitrogens is 4. The zero-order chi connectivity index (χ0) is 20.4. The molecule has 30 heavy (non-hydrogen) atoms. The lowest BCUT2D eigenvalue weighted by Crippen LogP contribution is -2.19. The number of nitrogens with zero attached hydrogens (tertiary/aromatic N) is 4. The summed E-state index contributed by atoms with van der Waals surface area (Å²) in [5, 5.41) is 11.3. The second kappa shape index (κ2) is 6.46. The van der Waals surface area contributed by atoms with E-state index < -0.39 is 5.97 Å². The van der Waals surface area contributed by atoms with Crippen LogP contribution in [-0.4, -0.2) is 25.1 Å². The number of hydrogen-bond donors (Lipinski definition) is 0. The number of rotatable bonds is 3. The van der Waals surface area contributed by atoms with Crippen molar-refractivity contribution in [2.75, 3.05) is 0 Å². The predicted octanol–water partition coefficient (Wildman–Crippen LogP) is 4.43. The molecule has 148 valence electrons. The van der Waals surface area contributed by atoms with Crippen LogP contribution in [0.3, 0.4) is 0 Å². The summed E-state index contributed by atoms with van der Waals surface area (Å²) in [7, 11) is 1.66. The molecule has 0 fully saturated rings. The monoisotopic (exact) mass is 452 g/mol. The van der Waals surface area contributed by atoms with Crippen LogP contribution in [0.25, 0.3) is 35.5 Å². The molecule has 6 aromatic rings. The fraction of sp³-hybridized carbons (Fsp3) is 0.100. The molecule has 0 unspecified atom stereocenters. The van der Waals surface area contributed by atoms with Gasteiger partial charge < -0.3 is 4.74 Å². The number of esters is 1. The maximum absolute atomic E-state index is 12.7. The molecule has 0 amide bonds. The van der Waals surface area contributed by atoms with Gasteiger partial charge in [0, 0.05) is 21.8 Å². The van der Waals surface area contributed by atoms with Gasteiger partial charge in [0.2, 0.25) is 5.78 Å². The molecule has 10 heteroatoms. The lowest BCUT2D eigenvalue weighted by Gasteiger charge is -2.05. The Balaban J connectivity index is 1.34. The van der Waals surface area contributed by atoms with E-state index in [1.54, 1.807) is 22.8 Å². The number of fused-ring (bicyclic) bond motifs is 6. The molecular weight excluding hydrogens is 440 g/mol. The van der Waals surface area contributed by atoms with Crippen LogP contribution in [0.1, 0.15) is 15.5 Å². The standard InChI is InChI=1S/C20H12N4O3S3/c1-23-18(25)17-11(6-7-28-17)24-15(21-22-20(23)24)9-27-19(26)14-8-13-16(30-14)10-4-2-3-5-12(10)29-13/h2-8H,9H2,1H3. The average Bonchev–Trinajstić information content (AvgIpc) is 3.51. The second-order valence-electron chi connectivity index (χ2n) is 6.73. The summed E-state index contributed by atoms with van der Waals surface area (Å²) < 4.78 is 12.8. The summed E-state index contributed by atoms with van der Waals surface area (Å²) in [6, 6.07) is 11.9. The second-order valence-corrected chi connectivity index (χ2v) is 9.78. The van der Waals surface area contributed by atoms with Crippen LogP contribution >= 0.6 is 34.0 Å². The SMILES string of the molecule is Cn1c(=O)c2sccc2n2c(COC(=O)c3cc4sc5ccccc5c4s3)nnc12. The summed E-state index contributed by atoms with van der Waals surface area (Å²) in [6.07, 6.45) is 0. The molecule has 5 aromatic heterocycles. The molecule has 0 saturated carbocycles. The molecule has 0 radical (unpaired) electrons. The maximum Gasteiger partial charge on any atom is 0.348 e. The fourth-order valence-corrected chi connectivity index (χ4v) is 6.82. The molecule has 0 aliphatic carbocycles. The lowest BCUT2D eigenvalue weighted by atomic mass is 10.2. The molecule has 0 atom stereocenters. The molecule has 7 nitrogen and oxygen atoms in total. The van der Waals surface area contributed by atoms with E-state index in [-0.39, 0.29) is 12.2 Å². The quantitative estimate of drug-likeness (QED) is 0.371. The van der Waals surface area contributed by atoms with Crippen molar-refractivity contribution in [1.29, 1.82) is 0 Å². The van der Waals surface area contributed by atoms with Crippen LogP contribution in [0.5, 0.6) is 0 Å². The Labute approximate surface area is 180 Å². The third kappa shape index (κ3) is 2.47. The first kappa shape index (κ1) is 17.8. The highest BCUT2D eigenvalue weighted by molar-refractivity contribution is 7.33. The van der Waals surface area contributed by atoms with Gasteiger partial charge in [-0.15, -0.1) is 44.2 Å². The minimum absolute atomic E-state index is 0.0323. The number of carbonyl (C=O) groups excluding carboxylic acids is 1. The minimum Gasteiger partial charge on any atom is -0.453 e. The molecular formula is C20H12N4O3S3. The van der Waals surface area contributed by atoms with E-state index >= 15 is 0 Å². The Morgan fingerprint density at radius 3 is 2.87 bits per heavy atom. The molecule has 0 spiro atoms. The molecule has 1 aromatic carbocycles. The zero-order valence-electron chi connectivity index (χ0n) is 15.5. The van der Waals surface area contributed by atoms with Gasteiger partial charge in [-0.2, -0.15) is 0 Å². The van der Waals surface area contributed by atoms with E-state index in [0.29, 0.717) is 21.2 Å². The third-order valence-corrected chi connectivity index (χ3v) is 8.27. The van der Waals surface area contributed by atoms with Crippen molar-refractivity contribution in [2.45, 2.75) is 6.61 Å². The van der Waals surface area contributed by atoms with Crippen molar-refractivity contribution in [3.8, 4) is 0 Å². The number of aryl methyl sites for hydroxylation is 1. The van der Waals surface area contributed by atoms with E-state index in [4.69, 9.17) is 4.74 Å². The maximum atomic E-state index is 12.7. The number of ether oxygens (including phenoxy) is 1. The summed E-state index contributed by atoms with van der Waals surface area (Å²) in [5.74, 6) is 0.497. The molecule has 6 rings (SSSR count). The first-order valence-corrected chi connectivity index (χ1v) is 11.5. The first-order chi connectivity index (χ1) is 14.6. The van der Waals surface area contributed by atoms with Crippen molar-refractivity contribution in [3.63, 3.8) is 0 Å². The van der Waals surface area contributed by atoms with Crippen LogP contribution in [0.4, 0.5) is 0 Å². The van der Waals surface area contributed by atoms with Gasteiger partial charge in [-0.3, -0.25) is 13.8 Å². The summed E-state index contributed by atoms with van der Waals surface area (Å²) in [6.45, 7) is -0.0323. The molecule has 0 aliphatic heterocycles. The van der Waals surface area contributed by atoms with Crippen LogP contribution in [-0.2, 0) is 18.4 Å². The minimum atomic E-state index is -0.393. The van der Waals surface area contributed by atoms with Gasteiger partial charge in [0.25, 0.3) is 5.56 Å². The Morgan fingerprint density at radius 2 is 1.97 bits per heavy atom. The van der Waals surface area contributed by atoms with Gasteiger partial charge in [0.15, 0.2) is 12.4 Å². The van der Waals surface area contributed by atoms with E-state index in [0.717, 1.165) is 20.3 Å². The van der Waals surface area contributed by atoms with Crippen molar-refractivity contribution in [1.82, 2.24) is 19.2 Å². The molecule has 0 aliphatic rings. The van der Waals surface area contributed by atoms with Crippen molar-refractivity contribution in [2.24, 2.45) is 7.05 Å². The smallest absolute Gasteiger partial charge is 0.348 e. The number of thiophene rings is 3. The molecule has 5 heterocycles.